The zero-order valence-electron chi connectivity index (χ0n) is 10.0. The van der Waals surface area contributed by atoms with Crippen LogP contribution in [0.3, 0.4) is 0 Å². The third kappa shape index (κ3) is 2.02. The van der Waals surface area contributed by atoms with Crippen molar-refractivity contribution in [1.29, 1.82) is 0 Å². The van der Waals surface area contributed by atoms with Crippen LogP contribution in [0.1, 0.15) is 0 Å². The maximum atomic E-state index is 13.9. The number of anilines is 1. The van der Waals surface area contributed by atoms with E-state index in [2.05, 4.69) is 20.3 Å². The summed E-state index contributed by atoms with van der Waals surface area (Å²) in [6.45, 7) is 0. The lowest BCUT2D eigenvalue weighted by Crippen LogP contribution is -1.91. The quantitative estimate of drug-likeness (QED) is 0.754. The molecular formula is C13H10ClFN4. The molecule has 3 aromatic rings. The number of aromatic nitrogens is 3. The van der Waals surface area contributed by atoms with Crippen molar-refractivity contribution < 1.29 is 4.39 Å². The van der Waals surface area contributed by atoms with Crippen LogP contribution in [0.2, 0.25) is 5.02 Å². The summed E-state index contributed by atoms with van der Waals surface area (Å²) in [6.07, 6.45) is 0. The largest absolute Gasteiger partial charge is 0.373 e. The molecule has 19 heavy (non-hydrogen) atoms. The highest BCUT2D eigenvalue weighted by Gasteiger charge is 2.13. The second kappa shape index (κ2) is 4.51. The molecule has 6 heteroatoms. The van der Waals surface area contributed by atoms with Crippen LogP contribution in [-0.2, 0) is 0 Å². The average molecular weight is 277 g/mol. The smallest absolute Gasteiger partial charge is 0.180 e. The summed E-state index contributed by atoms with van der Waals surface area (Å²) in [5, 5.41) is 3.00. The molecule has 0 aliphatic carbocycles. The number of halogens is 2. The van der Waals surface area contributed by atoms with Gasteiger partial charge in [0, 0.05) is 7.05 Å². The van der Waals surface area contributed by atoms with Gasteiger partial charge in [0.25, 0.3) is 0 Å². The maximum Gasteiger partial charge on any atom is 0.180 e. The number of nitrogens with zero attached hydrogens (tertiary/aromatic N) is 2. The molecule has 2 heterocycles. The maximum absolute atomic E-state index is 13.9. The van der Waals surface area contributed by atoms with Crippen LogP contribution in [0.15, 0.2) is 30.3 Å². The Morgan fingerprint density at radius 3 is 2.84 bits per heavy atom. The SMILES string of the molecule is CNc1ccc2[nH]c(-c3cccc(Cl)c3F)nc2n1. The number of hydrogen-bond donors (Lipinski definition) is 2. The van der Waals surface area contributed by atoms with Crippen LogP contribution in [0.25, 0.3) is 22.6 Å². The molecule has 0 spiro atoms. The summed E-state index contributed by atoms with van der Waals surface area (Å²) < 4.78 is 13.9. The van der Waals surface area contributed by atoms with Crippen LogP contribution in [0.5, 0.6) is 0 Å². The molecule has 4 nitrogen and oxygen atoms in total. The fourth-order valence-electron chi connectivity index (χ4n) is 1.85. The molecule has 0 amide bonds. The molecule has 0 bridgehead atoms. The van der Waals surface area contributed by atoms with E-state index in [4.69, 9.17) is 11.6 Å². The van der Waals surface area contributed by atoms with Gasteiger partial charge in [0.05, 0.1) is 16.1 Å². The van der Waals surface area contributed by atoms with E-state index in [9.17, 15) is 4.39 Å². The number of H-pyrrole nitrogens is 1. The van der Waals surface area contributed by atoms with Crippen molar-refractivity contribution in [3.05, 3.63) is 41.2 Å². The fraction of sp³-hybridized carbons (Fsp3) is 0.0769. The van der Waals surface area contributed by atoms with Gasteiger partial charge in [0.15, 0.2) is 11.5 Å². The Balaban J connectivity index is 2.18. The number of benzene rings is 1. The molecule has 0 radical (unpaired) electrons. The highest BCUT2D eigenvalue weighted by atomic mass is 35.5. The number of hydrogen-bond acceptors (Lipinski definition) is 3. The fourth-order valence-corrected chi connectivity index (χ4v) is 2.02. The van der Waals surface area contributed by atoms with Gasteiger partial charge in [-0.25, -0.2) is 14.4 Å². The van der Waals surface area contributed by atoms with Crippen molar-refractivity contribution >= 4 is 28.6 Å². The standard InChI is InChI=1S/C13H10ClFN4/c1-16-10-6-5-9-13(18-10)19-12(17-9)7-3-2-4-8(14)11(7)15/h2-6H,1H3,(H2,16,17,18,19). The number of nitrogens with one attached hydrogen (secondary N) is 2. The monoisotopic (exact) mass is 276 g/mol. The van der Waals surface area contributed by atoms with Crippen molar-refractivity contribution in [2.24, 2.45) is 0 Å². The molecule has 0 fully saturated rings. The van der Waals surface area contributed by atoms with Crippen LogP contribution >= 0.6 is 11.6 Å². The normalized spacial score (nSPS) is 10.9. The topological polar surface area (TPSA) is 53.6 Å². The Morgan fingerprint density at radius 2 is 2.05 bits per heavy atom. The Morgan fingerprint density at radius 1 is 1.21 bits per heavy atom. The molecule has 3 rings (SSSR count). The Labute approximate surface area is 113 Å². The summed E-state index contributed by atoms with van der Waals surface area (Å²) in [6, 6.07) is 8.46. The second-order valence-corrected chi connectivity index (χ2v) is 4.41. The molecule has 96 valence electrons. The summed E-state index contributed by atoms with van der Waals surface area (Å²) >= 11 is 5.77. The van der Waals surface area contributed by atoms with Crippen LogP contribution in [0, 0.1) is 5.82 Å². The van der Waals surface area contributed by atoms with Crippen LogP contribution in [0.4, 0.5) is 10.2 Å². The van der Waals surface area contributed by atoms with Gasteiger partial charge >= 0.3 is 0 Å². The Kier molecular flexibility index (Phi) is 2.83. The molecule has 0 aliphatic heterocycles. The lowest BCUT2D eigenvalue weighted by atomic mass is 10.2. The van der Waals surface area contributed by atoms with Gasteiger partial charge in [0.2, 0.25) is 0 Å². The van der Waals surface area contributed by atoms with Crippen LogP contribution in [-0.4, -0.2) is 22.0 Å². The molecule has 2 N–H and O–H groups in total. The average Bonchev–Trinajstić information content (AvgIpc) is 2.84. The van der Waals surface area contributed by atoms with Crippen molar-refractivity contribution in [1.82, 2.24) is 15.0 Å². The van der Waals surface area contributed by atoms with E-state index in [1.54, 1.807) is 19.2 Å². The van der Waals surface area contributed by atoms with Crippen LogP contribution < -0.4 is 5.32 Å². The first-order valence-electron chi connectivity index (χ1n) is 5.68. The number of rotatable bonds is 2. The van der Waals surface area contributed by atoms with Gasteiger partial charge in [-0.05, 0) is 24.3 Å². The lowest BCUT2D eigenvalue weighted by Gasteiger charge is -1.99. The van der Waals surface area contributed by atoms with Crippen molar-refractivity contribution in [2.45, 2.75) is 0 Å². The number of aromatic amines is 1. The van der Waals surface area contributed by atoms with E-state index in [0.717, 1.165) is 5.52 Å². The third-order valence-electron chi connectivity index (χ3n) is 2.81. The minimum absolute atomic E-state index is 0.0711. The van der Waals surface area contributed by atoms with E-state index in [1.807, 2.05) is 12.1 Å². The van der Waals surface area contributed by atoms with Crippen molar-refractivity contribution in [3.63, 3.8) is 0 Å². The molecule has 0 unspecified atom stereocenters. The second-order valence-electron chi connectivity index (χ2n) is 4.00. The molecule has 0 atom stereocenters. The zero-order valence-corrected chi connectivity index (χ0v) is 10.8. The Hall–Kier alpha value is -2.14. The van der Waals surface area contributed by atoms with Gasteiger partial charge in [-0.1, -0.05) is 17.7 Å². The number of imidazole rings is 1. The Bertz CT molecular complexity index is 753. The summed E-state index contributed by atoms with van der Waals surface area (Å²) in [7, 11) is 1.78. The van der Waals surface area contributed by atoms with E-state index in [0.29, 0.717) is 22.9 Å². The van der Waals surface area contributed by atoms with Gasteiger partial charge < -0.3 is 10.3 Å². The first kappa shape index (κ1) is 11.9. The van der Waals surface area contributed by atoms with Crippen molar-refractivity contribution in [2.75, 3.05) is 12.4 Å². The summed E-state index contributed by atoms with van der Waals surface area (Å²) in [5.41, 5.74) is 1.60. The predicted molar refractivity (Wildman–Crippen MR) is 73.8 cm³/mol. The van der Waals surface area contributed by atoms with Gasteiger partial charge in [-0.15, -0.1) is 0 Å². The molecule has 0 saturated heterocycles. The highest BCUT2D eigenvalue weighted by Crippen LogP contribution is 2.27. The van der Waals surface area contributed by atoms with E-state index < -0.39 is 5.82 Å². The third-order valence-corrected chi connectivity index (χ3v) is 3.10. The van der Waals surface area contributed by atoms with E-state index >= 15 is 0 Å². The minimum Gasteiger partial charge on any atom is -0.373 e. The lowest BCUT2D eigenvalue weighted by molar-refractivity contribution is 0.630. The number of pyridine rings is 1. The first-order chi connectivity index (χ1) is 9.19. The first-order valence-corrected chi connectivity index (χ1v) is 6.06. The summed E-state index contributed by atoms with van der Waals surface area (Å²) in [5.74, 6) is 0.630. The minimum atomic E-state index is -0.489. The number of fused-ring (bicyclic) bond motifs is 1. The molecule has 2 aromatic heterocycles. The van der Waals surface area contributed by atoms with E-state index in [-0.39, 0.29) is 5.02 Å². The molecule has 0 saturated carbocycles. The highest BCUT2D eigenvalue weighted by molar-refractivity contribution is 6.31. The zero-order chi connectivity index (χ0) is 13.4. The molecule has 0 aliphatic rings. The predicted octanol–water partition coefficient (Wildman–Crippen LogP) is 3.46. The molecular weight excluding hydrogens is 267 g/mol. The summed E-state index contributed by atoms with van der Waals surface area (Å²) in [4.78, 5) is 11.6. The van der Waals surface area contributed by atoms with E-state index in [1.165, 1.54) is 6.07 Å². The van der Waals surface area contributed by atoms with Gasteiger partial charge in [-0.3, -0.25) is 0 Å². The molecule has 1 aromatic carbocycles. The van der Waals surface area contributed by atoms with Gasteiger partial charge in [0.1, 0.15) is 11.6 Å². The van der Waals surface area contributed by atoms with Crippen molar-refractivity contribution in [3.8, 4) is 11.4 Å². The van der Waals surface area contributed by atoms with Gasteiger partial charge in [-0.2, -0.15) is 0 Å².